The summed E-state index contributed by atoms with van der Waals surface area (Å²) < 4.78 is 18.5. The van der Waals surface area contributed by atoms with Crippen LogP contribution in [0.15, 0.2) is 72.8 Å². The molecule has 0 radical (unpaired) electrons. The minimum absolute atomic E-state index is 0.149. The minimum Gasteiger partial charge on any atom is -0.497 e. The maximum absolute atomic E-state index is 6.90. The molecule has 0 saturated carbocycles. The maximum atomic E-state index is 6.90. The predicted molar refractivity (Wildman–Crippen MR) is 144 cm³/mol. The molecule has 4 heteroatoms. The number of hydrogen-bond acceptors (Lipinski definition) is 3. The zero-order valence-electron chi connectivity index (χ0n) is 21.8. The van der Waals surface area contributed by atoms with Crippen molar-refractivity contribution < 1.29 is 14.2 Å². The van der Waals surface area contributed by atoms with E-state index in [2.05, 4.69) is 115 Å². The highest BCUT2D eigenvalue weighted by Gasteiger charge is 2.28. The Hall–Kier alpha value is -2.72. The molecule has 180 valence electrons. The van der Waals surface area contributed by atoms with Crippen molar-refractivity contribution >= 4 is 7.85 Å². The molecule has 0 aliphatic heterocycles. The Morgan fingerprint density at radius 3 is 1.68 bits per heavy atom. The second kappa shape index (κ2) is 11.6. The first-order valence-corrected chi connectivity index (χ1v) is 12.3. The molecule has 3 aromatic rings. The number of rotatable bonds is 11. The highest BCUT2D eigenvalue weighted by Crippen LogP contribution is 2.44. The van der Waals surface area contributed by atoms with Crippen molar-refractivity contribution in [3.63, 3.8) is 0 Å². The lowest BCUT2D eigenvalue weighted by atomic mass is 9.85. The van der Waals surface area contributed by atoms with Crippen molar-refractivity contribution in [1.29, 1.82) is 0 Å². The van der Waals surface area contributed by atoms with Crippen LogP contribution in [0.4, 0.5) is 0 Å². The lowest BCUT2D eigenvalue weighted by Gasteiger charge is -2.32. The normalized spacial score (nSPS) is 14.3. The van der Waals surface area contributed by atoms with Crippen LogP contribution in [0.25, 0.3) is 0 Å². The summed E-state index contributed by atoms with van der Waals surface area (Å²) in [4.78, 5) is 0. The molecule has 0 heterocycles. The average molecular weight is 458 g/mol. The van der Waals surface area contributed by atoms with Crippen LogP contribution in [0.1, 0.15) is 75.1 Å². The Labute approximate surface area is 206 Å². The molecule has 0 aromatic heterocycles. The van der Waals surface area contributed by atoms with Gasteiger partial charge in [0.05, 0.1) is 7.11 Å². The van der Waals surface area contributed by atoms with Crippen LogP contribution in [-0.4, -0.2) is 33.2 Å². The molecular weight excluding hydrogens is 419 g/mol. The lowest BCUT2D eigenvalue weighted by molar-refractivity contribution is 0.0391. The Morgan fingerprint density at radius 1 is 0.794 bits per heavy atom. The molecule has 3 atom stereocenters. The highest BCUT2D eigenvalue weighted by atomic mass is 16.5. The second-order valence-electron chi connectivity index (χ2n) is 9.93. The molecule has 0 N–H and O–H groups in total. The number of methoxy groups -OCH3 is 1. The summed E-state index contributed by atoms with van der Waals surface area (Å²) in [6.07, 6.45) is 0.801. The zero-order chi connectivity index (χ0) is 24.7. The van der Waals surface area contributed by atoms with Crippen molar-refractivity contribution in [3.8, 4) is 11.5 Å². The first-order chi connectivity index (χ1) is 16.2. The van der Waals surface area contributed by atoms with Crippen LogP contribution < -0.4 is 9.47 Å². The molecule has 3 aromatic carbocycles. The van der Waals surface area contributed by atoms with Crippen LogP contribution in [0, 0.1) is 0 Å². The molecule has 3 rings (SSSR count). The molecule has 3 unspecified atom stereocenters. The van der Waals surface area contributed by atoms with Crippen LogP contribution in [-0.2, 0) is 4.74 Å². The van der Waals surface area contributed by atoms with Gasteiger partial charge in [0.2, 0.25) is 0 Å². The SMILES string of the molecule is BC(C)OCCC(C)(C)Oc1c(C(C)c2ccccc2)cc(OC)cc1C(C)c1ccccc1. The number of hydrogen-bond donors (Lipinski definition) is 0. The molecule has 0 bridgehead atoms. The van der Waals surface area contributed by atoms with Crippen LogP contribution in [0.3, 0.4) is 0 Å². The number of ether oxygens (including phenoxy) is 3. The molecule has 34 heavy (non-hydrogen) atoms. The fourth-order valence-electron chi connectivity index (χ4n) is 4.24. The zero-order valence-corrected chi connectivity index (χ0v) is 21.8. The fraction of sp³-hybridized carbons (Fsp3) is 0.400. The first kappa shape index (κ1) is 25.9. The summed E-state index contributed by atoms with van der Waals surface area (Å²) in [5.41, 5.74) is 4.39. The van der Waals surface area contributed by atoms with Crippen LogP contribution in [0.5, 0.6) is 11.5 Å². The van der Waals surface area contributed by atoms with Gasteiger partial charge >= 0.3 is 0 Å². The van der Waals surface area contributed by atoms with Gasteiger partial charge < -0.3 is 14.2 Å². The third-order valence-electron chi connectivity index (χ3n) is 6.42. The van der Waals surface area contributed by atoms with Gasteiger partial charge in [-0.3, -0.25) is 0 Å². The summed E-state index contributed by atoms with van der Waals surface area (Å²) in [5.74, 6) is 2.10. The first-order valence-electron chi connectivity index (χ1n) is 12.3. The Balaban J connectivity index is 2.11. The largest absolute Gasteiger partial charge is 0.497 e. The fourth-order valence-corrected chi connectivity index (χ4v) is 4.24. The lowest BCUT2D eigenvalue weighted by Crippen LogP contribution is -2.32. The smallest absolute Gasteiger partial charge is 0.138 e. The Bertz CT molecular complexity index is 965. The van der Waals surface area contributed by atoms with Gasteiger partial charge in [-0.2, -0.15) is 0 Å². The molecule has 0 spiro atoms. The Kier molecular flexibility index (Phi) is 8.85. The van der Waals surface area contributed by atoms with E-state index in [1.54, 1.807) is 7.11 Å². The maximum Gasteiger partial charge on any atom is 0.138 e. The van der Waals surface area contributed by atoms with Gasteiger partial charge in [0.15, 0.2) is 0 Å². The molecule has 0 amide bonds. The molecular formula is C30H39BO3. The van der Waals surface area contributed by atoms with Gasteiger partial charge in [0, 0.05) is 42.0 Å². The molecule has 0 saturated heterocycles. The van der Waals surface area contributed by atoms with Gasteiger partial charge in [0.25, 0.3) is 0 Å². The van der Waals surface area contributed by atoms with E-state index in [0.29, 0.717) is 6.61 Å². The van der Waals surface area contributed by atoms with E-state index < -0.39 is 0 Å². The van der Waals surface area contributed by atoms with E-state index in [4.69, 9.17) is 14.2 Å². The van der Waals surface area contributed by atoms with Gasteiger partial charge in [-0.1, -0.05) is 74.5 Å². The van der Waals surface area contributed by atoms with E-state index in [1.807, 2.05) is 0 Å². The van der Waals surface area contributed by atoms with E-state index in [-0.39, 0.29) is 23.4 Å². The van der Waals surface area contributed by atoms with Crippen molar-refractivity contribution in [2.75, 3.05) is 13.7 Å². The van der Waals surface area contributed by atoms with Gasteiger partial charge in [-0.25, -0.2) is 0 Å². The molecule has 0 aliphatic carbocycles. The monoisotopic (exact) mass is 458 g/mol. The average Bonchev–Trinajstić information content (AvgIpc) is 2.83. The third kappa shape index (κ3) is 6.67. The number of benzene rings is 3. The molecule has 0 fully saturated rings. The highest BCUT2D eigenvalue weighted by molar-refractivity contribution is 6.10. The van der Waals surface area contributed by atoms with Crippen molar-refractivity contribution in [1.82, 2.24) is 0 Å². The quantitative estimate of drug-likeness (QED) is 0.305. The van der Waals surface area contributed by atoms with Crippen LogP contribution >= 0.6 is 0 Å². The van der Waals surface area contributed by atoms with Gasteiger partial charge in [0.1, 0.15) is 24.9 Å². The third-order valence-corrected chi connectivity index (χ3v) is 6.42. The summed E-state index contributed by atoms with van der Waals surface area (Å²) in [6.45, 7) is 11.5. The van der Waals surface area contributed by atoms with E-state index >= 15 is 0 Å². The second-order valence-corrected chi connectivity index (χ2v) is 9.93. The summed E-state index contributed by atoms with van der Waals surface area (Å²) >= 11 is 0. The van der Waals surface area contributed by atoms with Crippen molar-refractivity contribution in [3.05, 3.63) is 95.1 Å². The van der Waals surface area contributed by atoms with E-state index in [9.17, 15) is 0 Å². The summed E-state index contributed by atoms with van der Waals surface area (Å²) in [5, 5.41) is 0. The van der Waals surface area contributed by atoms with Gasteiger partial charge in [-0.05, 0) is 44.0 Å². The summed E-state index contributed by atoms with van der Waals surface area (Å²) in [6, 6.07) is 25.7. The van der Waals surface area contributed by atoms with E-state index in [0.717, 1.165) is 29.0 Å². The Morgan fingerprint density at radius 2 is 1.26 bits per heavy atom. The van der Waals surface area contributed by atoms with Crippen molar-refractivity contribution in [2.45, 2.75) is 64.5 Å². The molecule has 0 aliphatic rings. The molecule has 3 nitrogen and oxygen atoms in total. The van der Waals surface area contributed by atoms with E-state index in [1.165, 1.54) is 11.1 Å². The van der Waals surface area contributed by atoms with Crippen molar-refractivity contribution in [2.24, 2.45) is 0 Å². The topological polar surface area (TPSA) is 27.7 Å². The standard InChI is InChI=1S/C30H39BO3/c1-21(24-13-9-7-10-14-24)27-19-26(32-6)20-28(22(2)25-15-11-8-12-16-25)29(27)34-30(4,5)17-18-33-23(3)31/h7-16,19-23H,17-18,31H2,1-6H3. The van der Waals surface area contributed by atoms with Crippen LogP contribution in [0.2, 0.25) is 0 Å². The predicted octanol–water partition coefficient (Wildman–Crippen LogP) is 6.54. The minimum atomic E-state index is -0.389. The van der Waals surface area contributed by atoms with Gasteiger partial charge in [-0.15, -0.1) is 0 Å². The summed E-state index contributed by atoms with van der Waals surface area (Å²) in [7, 11) is 3.80.